The summed E-state index contributed by atoms with van der Waals surface area (Å²) in [5.41, 5.74) is -0.284. The molecule has 0 bridgehead atoms. The zero-order valence-electron chi connectivity index (χ0n) is 10.5. The van der Waals surface area contributed by atoms with Crippen LogP contribution in [0.4, 0.5) is 11.4 Å². The summed E-state index contributed by atoms with van der Waals surface area (Å²) in [4.78, 5) is 20.9. The van der Waals surface area contributed by atoms with Gasteiger partial charge in [-0.25, -0.2) is 4.79 Å². The highest BCUT2D eigenvalue weighted by molar-refractivity contribution is 5.93. The van der Waals surface area contributed by atoms with Crippen LogP contribution in [0.3, 0.4) is 0 Å². The maximum atomic E-state index is 10.8. The van der Waals surface area contributed by atoms with Gasteiger partial charge in [0.2, 0.25) is 0 Å². The lowest BCUT2D eigenvalue weighted by Crippen LogP contribution is -2.13. The van der Waals surface area contributed by atoms with Crippen LogP contribution in [-0.2, 0) is 0 Å². The van der Waals surface area contributed by atoms with Gasteiger partial charge in [0.05, 0.1) is 4.92 Å². The van der Waals surface area contributed by atoms with Gasteiger partial charge in [-0.05, 0) is 24.5 Å². The molecule has 104 valence electrons. The molecule has 7 nitrogen and oxygen atoms in total. The smallest absolute Gasteiger partial charge is 0.342 e. The van der Waals surface area contributed by atoms with Crippen molar-refractivity contribution in [1.29, 1.82) is 0 Å². The predicted octanol–water partition coefficient (Wildman–Crippen LogP) is 1.72. The lowest BCUT2D eigenvalue weighted by molar-refractivity contribution is -0.385. The van der Waals surface area contributed by atoms with Gasteiger partial charge in [-0.1, -0.05) is 6.92 Å². The van der Waals surface area contributed by atoms with Crippen molar-refractivity contribution in [1.82, 2.24) is 0 Å². The molecular weight excluding hydrogens is 252 g/mol. The van der Waals surface area contributed by atoms with Crippen LogP contribution in [0.25, 0.3) is 0 Å². The van der Waals surface area contributed by atoms with E-state index < -0.39 is 16.6 Å². The Bertz CT molecular complexity index is 475. The number of aromatic carboxylic acids is 1. The monoisotopic (exact) mass is 268 g/mol. The Morgan fingerprint density at radius 1 is 1.53 bits per heavy atom. The SMILES string of the molecule is CC(CCO)CNc1ccc(C(=O)O)c([N+](=O)[O-])c1. The number of carboxylic acid groups (broad SMARTS) is 1. The fourth-order valence-corrected chi connectivity index (χ4v) is 1.59. The average molecular weight is 268 g/mol. The number of nitro benzene ring substituents is 1. The third-order valence-electron chi connectivity index (χ3n) is 2.70. The molecule has 0 heterocycles. The minimum atomic E-state index is -1.33. The van der Waals surface area contributed by atoms with Crippen LogP contribution in [0.15, 0.2) is 18.2 Å². The second-order valence-electron chi connectivity index (χ2n) is 4.29. The zero-order valence-corrected chi connectivity index (χ0v) is 10.5. The lowest BCUT2D eigenvalue weighted by atomic mass is 10.1. The Kier molecular flexibility index (Phi) is 5.25. The van der Waals surface area contributed by atoms with Gasteiger partial charge in [-0.15, -0.1) is 0 Å². The third-order valence-corrected chi connectivity index (χ3v) is 2.70. The summed E-state index contributed by atoms with van der Waals surface area (Å²) in [7, 11) is 0. The maximum Gasteiger partial charge on any atom is 0.342 e. The van der Waals surface area contributed by atoms with E-state index in [4.69, 9.17) is 10.2 Å². The normalized spacial score (nSPS) is 11.9. The summed E-state index contributed by atoms with van der Waals surface area (Å²) < 4.78 is 0. The summed E-state index contributed by atoms with van der Waals surface area (Å²) in [6, 6.07) is 3.90. The molecule has 0 saturated heterocycles. The molecule has 19 heavy (non-hydrogen) atoms. The van der Waals surface area contributed by atoms with E-state index >= 15 is 0 Å². The van der Waals surface area contributed by atoms with E-state index in [-0.39, 0.29) is 18.1 Å². The molecule has 0 amide bonds. The van der Waals surface area contributed by atoms with Crippen molar-refractivity contribution in [3.63, 3.8) is 0 Å². The van der Waals surface area contributed by atoms with Gasteiger partial charge in [0, 0.05) is 24.9 Å². The first-order chi connectivity index (χ1) is 8.95. The highest BCUT2D eigenvalue weighted by atomic mass is 16.6. The largest absolute Gasteiger partial charge is 0.477 e. The number of nitro groups is 1. The Labute approximate surface area is 110 Å². The van der Waals surface area contributed by atoms with Crippen LogP contribution in [0, 0.1) is 16.0 Å². The molecule has 1 rings (SSSR count). The predicted molar refractivity (Wildman–Crippen MR) is 69.4 cm³/mol. The van der Waals surface area contributed by atoms with Crippen LogP contribution in [0.5, 0.6) is 0 Å². The first kappa shape index (κ1) is 14.9. The Hall–Kier alpha value is -2.15. The molecule has 0 radical (unpaired) electrons. The lowest BCUT2D eigenvalue weighted by Gasteiger charge is -2.12. The molecule has 0 aliphatic carbocycles. The summed E-state index contributed by atoms with van der Waals surface area (Å²) >= 11 is 0. The molecule has 7 heteroatoms. The van der Waals surface area contributed by atoms with Gasteiger partial charge in [0.25, 0.3) is 5.69 Å². The van der Waals surface area contributed by atoms with Gasteiger partial charge in [0.15, 0.2) is 0 Å². The van der Waals surface area contributed by atoms with Gasteiger partial charge in [-0.2, -0.15) is 0 Å². The molecule has 0 aliphatic heterocycles. The van der Waals surface area contributed by atoms with E-state index in [0.29, 0.717) is 18.7 Å². The molecule has 1 unspecified atom stereocenters. The Morgan fingerprint density at radius 2 is 2.21 bits per heavy atom. The number of carboxylic acids is 1. The number of nitrogens with zero attached hydrogens (tertiary/aromatic N) is 1. The Balaban J connectivity index is 2.84. The number of hydrogen-bond acceptors (Lipinski definition) is 5. The van der Waals surface area contributed by atoms with Crippen molar-refractivity contribution in [3.05, 3.63) is 33.9 Å². The fourth-order valence-electron chi connectivity index (χ4n) is 1.59. The average Bonchev–Trinajstić information content (AvgIpc) is 2.36. The van der Waals surface area contributed by atoms with Crippen molar-refractivity contribution in [2.75, 3.05) is 18.5 Å². The standard InChI is InChI=1S/C12H16N2O5/c1-8(4-5-15)7-13-9-2-3-10(12(16)17)11(6-9)14(18)19/h2-3,6,8,13,15H,4-5,7H2,1H3,(H,16,17). The van der Waals surface area contributed by atoms with Gasteiger partial charge < -0.3 is 15.5 Å². The summed E-state index contributed by atoms with van der Waals surface area (Å²) in [6.45, 7) is 2.56. The van der Waals surface area contributed by atoms with Crippen LogP contribution in [0.2, 0.25) is 0 Å². The van der Waals surface area contributed by atoms with E-state index in [1.54, 1.807) is 0 Å². The molecule has 0 spiro atoms. The molecule has 0 aliphatic rings. The molecule has 1 aromatic carbocycles. The number of hydrogen-bond donors (Lipinski definition) is 3. The minimum absolute atomic E-state index is 0.0843. The van der Waals surface area contributed by atoms with E-state index in [1.807, 2.05) is 6.92 Å². The van der Waals surface area contributed by atoms with Crippen molar-refractivity contribution in [3.8, 4) is 0 Å². The topological polar surface area (TPSA) is 113 Å². The van der Waals surface area contributed by atoms with E-state index in [0.717, 1.165) is 0 Å². The third kappa shape index (κ3) is 4.22. The summed E-state index contributed by atoms with van der Waals surface area (Å²) in [6.07, 6.45) is 0.627. The van der Waals surface area contributed by atoms with Crippen molar-refractivity contribution >= 4 is 17.3 Å². The molecule has 0 saturated carbocycles. The summed E-state index contributed by atoms with van der Waals surface area (Å²) in [5.74, 6) is -1.12. The van der Waals surface area contributed by atoms with Crippen molar-refractivity contribution in [2.24, 2.45) is 5.92 Å². The van der Waals surface area contributed by atoms with Crippen LogP contribution in [-0.4, -0.2) is 34.3 Å². The minimum Gasteiger partial charge on any atom is -0.477 e. The van der Waals surface area contributed by atoms with Gasteiger partial charge in [0.1, 0.15) is 5.56 Å². The number of aliphatic hydroxyl groups is 1. The first-order valence-corrected chi connectivity index (χ1v) is 5.82. The molecule has 0 fully saturated rings. The molecular formula is C12H16N2O5. The van der Waals surface area contributed by atoms with E-state index in [1.165, 1.54) is 18.2 Å². The number of nitrogens with one attached hydrogen (secondary N) is 1. The molecule has 0 aromatic heterocycles. The van der Waals surface area contributed by atoms with E-state index in [9.17, 15) is 14.9 Å². The summed E-state index contributed by atoms with van der Waals surface area (Å²) in [5, 5.41) is 31.4. The molecule has 1 aromatic rings. The number of rotatable bonds is 7. The van der Waals surface area contributed by atoms with E-state index in [2.05, 4.69) is 5.32 Å². The number of carbonyl (C=O) groups is 1. The number of anilines is 1. The molecule has 3 N–H and O–H groups in total. The van der Waals surface area contributed by atoms with Gasteiger partial charge in [-0.3, -0.25) is 10.1 Å². The zero-order chi connectivity index (χ0) is 14.4. The van der Waals surface area contributed by atoms with Crippen LogP contribution >= 0.6 is 0 Å². The number of aliphatic hydroxyl groups excluding tert-OH is 1. The maximum absolute atomic E-state index is 10.8. The first-order valence-electron chi connectivity index (χ1n) is 5.82. The number of benzene rings is 1. The second-order valence-corrected chi connectivity index (χ2v) is 4.29. The highest BCUT2D eigenvalue weighted by Gasteiger charge is 2.20. The van der Waals surface area contributed by atoms with Crippen molar-refractivity contribution in [2.45, 2.75) is 13.3 Å². The van der Waals surface area contributed by atoms with Crippen molar-refractivity contribution < 1.29 is 19.9 Å². The van der Waals surface area contributed by atoms with Crippen LogP contribution in [0.1, 0.15) is 23.7 Å². The fraction of sp³-hybridized carbons (Fsp3) is 0.417. The molecule has 1 atom stereocenters. The van der Waals surface area contributed by atoms with Crippen LogP contribution < -0.4 is 5.32 Å². The van der Waals surface area contributed by atoms with Gasteiger partial charge >= 0.3 is 5.97 Å². The highest BCUT2D eigenvalue weighted by Crippen LogP contribution is 2.23. The second kappa shape index (κ2) is 6.69. The Morgan fingerprint density at radius 3 is 2.74 bits per heavy atom. The quantitative estimate of drug-likeness (QED) is 0.512.